The van der Waals surface area contributed by atoms with Crippen LogP contribution in [0.2, 0.25) is 5.02 Å². The highest BCUT2D eigenvalue weighted by Gasteiger charge is 2.20. The third kappa shape index (κ3) is 5.17. The summed E-state index contributed by atoms with van der Waals surface area (Å²) < 4.78 is 26.3. The van der Waals surface area contributed by atoms with Crippen molar-refractivity contribution in [1.29, 1.82) is 0 Å². The molecule has 0 fully saturated rings. The summed E-state index contributed by atoms with van der Waals surface area (Å²) in [6.07, 6.45) is 3.02. The van der Waals surface area contributed by atoms with Crippen LogP contribution in [0.5, 0.6) is 0 Å². The Morgan fingerprint density at radius 3 is 2.15 bits per heavy atom. The van der Waals surface area contributed by atoms with Gasteiger partial charge in [-0.15, -0.1) is 0 Å². The Balaban J connectivity index is 2.05. The van der Waals surface area contributed by atoms with Gasteiger partial charge in [-0.3, -0.25) is 4.79 Å². The first kappa shape index (κ1) is 20.2. The third-order valence-corrected chi connectivity index (χ3v) is 6.08. The second-order valence-corrected chi connectivity index (χ2v) is 7.86. The Labute approximate surface area is 159 Å². The minimum absolute atomic E-state index is 0.240. The van der Waals surface area contributed by atoms with E-state index < -0.39 is 10.0 Å². The van der Waals surface area contributed by atoms with Crippen LogP contribution in [0.4, 0.5) is 5.69 Å². The fourth-order valence-corrected chi connectivity index (χ4v) is 3.94. The molecule has 0 saturated carbocycles. The Hall–Kier alpha value is -2.15. The number of hydrogen-bond donors (Lipinski definition) is 1. The predicted molar refractivity (Wildman–Crippen MR) is 106 cm³/mol. The lowest BCUT2D eigenvalue weighted by Gasteiger charge is -2.18. The highest BCUT2D eigenvalue weighted by molar-refractivity contribution is 7.89. The number of carbonyl (C=O) groups excluding carboxylic acids is 1. The fourth-order valence-electron chi connectivity index (χ4n) is 2.35. The first-order valence-corrected chi connectivity index (χ1v) is 10.0. The molecule has 0 aliphatic carbocycles. The van der Waals surface area contributed by atoms with Crippen LogP contribution in [0.3, 0.4) is 0 Å². The predicted octanol–water partition coefficient (Wildman–Crippen LogP) is 4.02. The molecular weight excluding hydrogens is 372 g/mol. The molecule has 2 rings (SSSR count). The standard InChI is InChI=1S/C19H21ClN2O3S/c1-3-22(4-2)26(24,25)18-12-5-15(6-13-18)7-14-19(23)21-17-10-8-16(20)9-11-17/h5-14H,3-4H2,1-2H3,(H,21,23)/b14-7+. The molecule has 0 aliphatic heterocycles. The van der Waals surface area contributed by atoms with Crippen LogP contribution >= 0.6 is 11.6 Å². The summed E-state index contributed by atoms with van der Waals surface area (Å²) in [6.45, 7) is 4.45. The summed E-state index contributed by atoms with van der Waals surface area (Å²) >= 11 is 5.80. The van der Waals surface area contributed by atoms with E-state index in [-0.39, 0.29) is 10.8 Å². The van der Waals surface area contributed by atoms with Crippen LogP contribution in [0.25, 0.3) is 6.08 Å². The number of amides is 1. The second kappa shape index (κ2) is 8.98. The van der Waals surface area contributed by atoms with Crippen molar-refractivity contribution >= 4 is 39.3 Å². The molecule has 0 radical (unpaired) electrons. The van der Waals surface area contributed by atoms with E-state index in [9.17, 15) is 13.2 Å². The van der Waals surface area contributed by atoms with Crippen molar-refractivity contribution in [2.75, 3.05) is 18.4 Å². The zero-order valence-electron chi connectivity index (χ0n) is 14.6. The molecule has 0 heterocycles. The second-order valence-electron chi connectivity index (χ2n) is 5.49. The normalized spacial score (nSPS) is 11.8. The first-order valence-electron chi connectivity index (χ1n) is 8.21. The van der Waals surface area contributed by atoms with Crippen LogP contribution in [-0.2, 0) is 14.8 Å². The average molecular weight is 393 g/mol. The number of halogens is 1. The minimum Gasteiger partial charge on any atom is -0.323 e. The summed E-state index contributed by atoms with van der Waals surface area (Å²) in [5.74, 6) is -0.285. The van der Waals surface area contributed by atoms with E-state index in [4.69, 9.17) is 11.6 Å². The molecule has 0 aliphatic rings. The lowest BCUT2D eigenvalue weighted by molar-refractivity contribution is -0.111. The highest BCUT2D eigenvalue weighted by Crippen LogP contribution is 2.17. The number of benzene rings is 2. The number of nitrogens with zero attached hydrogens (tertiary/aromatic N) is 1. The number of rotatable bonds is 7. The van der Waals surface area contributed by atoms with Crippen LogP contribution in [-0.4, -0.2) is 31.7 Å². The van der Waals surface area contributed by atoms with Gasteiger partial charge in [-0.1, -0.05) is 37.6 Å². The van der Waals surface area contributed by atoms with Crippen molar-refractivity contribution in [3.05, 3.63) is 65.2 Å². The third-order valence-electron chi connectivity index (χ3n) is 3.76. The number of nitrogens with one attached hydrogen (secondary N) is 1. The lowest BCUT2D eigenvalue weighted by Crippen LogP contribution is -2.30. The number of sulfonamides is 1. The van der Waals surface area contributed by atoms with Gasteiger partial charge in [0.1, 0.15) is 0 Å². The molecule has 0 atom stereocenters. The smallest absolute Gasteiger partial charge is 0.248 e. The van der Waals surface area contributed by atoms with Crippen LogP contribution in [0, 0.1) is 0 Å². The summed E-state index contributed by atoms with van der Waals surface area (Å²) in [7, 11) is -3.47. The van der Waals surface area contributed by atoms with E-state index >= 15 is 0 Å². The molecule has 5 nitrogen and oxygen atoms in total. The summed E-state index contributed by atoms with van der Waals surface area (Å²) in [4.78, 5) is 12.2. The lowest BCUT2D eigenvalue weighted by atomic mass is 10.2. The Kier molecular flexibility index (Phi) is 6.97. The molecule has 0 saturated heterocycles. The maximum Gasteiger partial charge on any atom is 0.248 e. The van der Waals surface area contributed by atoms with Gasteiger partial charge in [0.25, 0.3) is 0 Å². The molecule has 26 heavy (non-hydrogen) atoms. The molecular formula is C19H21ClN2O3S. The van der Waals surface area contributed by atoms with Crippen molar-refractivity contribution in [2.45, 2.75) is 18.7 Å². The van der Waals surface area contributed by atoms with E-state index in [1.165, 1.54) is 10.4 Å². The molecule has 1 amide bonds. The Morgan fingerprint density at radius 1 is 1.04 bits per heavy atom. The van der Waals surface area contributed by atoms with E-state index in [1.807, 2.05) is 0 Å². The topological polar surface area (TPSA) is 66.5 Å². The van der Waals surface area contributed by atoms with Crippen molar-refractivity contribution in [1.82, 2.24) is 4.31 Å². The number of carbonyl (C=O) groups is 1. The Morgan fingerprint density at radius 2 is 1.62 bits per heavy atom. The molecule has 2 aromatic rings. The summed E-state index contributed by atoms with van der Waals surface area (Å²) in [5, 5.41) is 3.31. The maximum absolute atomic E-state index is 12.4. The van der Waals surface area contributed by atoms with E-state index in [0.29, 0.717) is 23.8 Å². The van der Waals surface area contributed by atoms with E-state index in [0.717, 1.165) is 5.56 Å². The van der Waals surface area contributed by atoms with Crippen LogP contribution < -0.4 is 5.32 Å². The van der Waals surface area contributed by atoms with Crippen LogP contribution in [0.1, 0.15) is 19.4 Å². The quantitative estimate of drug-likeness (QED) is 0.723. The zero-order chi connectivity index (χ0) is 19.2. The average Bonchev–Trinajstić information content (AvgIpc) is 2.63. The maximum atomic E-state index is 12.4. The van der Waals surface area contributed by atoms with E-state index in [1.54, 1.807) is 68.5 Å². The number of hydrogen-bond acceptors (Lipinski definition) is 3. The van der Waals surface area contributed by atoms with Gasteiger partial charge < -0.3 is 5.32 Å². The fraction of sp³-hybridized carbons (Fsp3) is 0.211. The van der Waals surface area contributed by atoms with Gasteiger partial charge in [0.2, 0.25) is 15.9 Å². The molecule has 138 valence electrons. The highest BCUT2D eigenvalue weighted by atomic mass is 35.5. The SMILES string of the molecule is CCN(CC)S(=O)(=O)c1ccc(/C=C/C(=O)Nc2ccc(Cl)cc2)cc1. The zero-order valence-corrected chi connectivity index (χ0v) is 16.2. The summed E-state index contributed by atoms with van der Waals surface area (Å²) in [5.41, 5.74) is 1.37. The molecule has 0 aromatic heterocycles. The summed E-state index contributed by atoms with van der Waals surface area (Å²) in [6, 6.07) is 13.2. The van der Waals surface area contributed by atoms with E-state index in [2.05, 4.69) is 5.32 Å². The van der Waals surface area contributed by atoms with Crippen LogP contribution in [0.15, 0.2) is 59.5 Å². The molecule has 0 unspecified atom stereocenters. The largest absolute Gasteiger partial charge is 0.323 e. The molecule has 0 spiro atoms. The minimum atomic E-state index is -3.47. The van der Waals surface area contributed by atoms with Crippen molar-refractivity contribution in [3.8, 4) is 0 Å². The monoisotopic (exact) mass is 392 g/mol. The van der Waals surface area contributed by atoms with Gasteiger partial charge >= 0.3 is 0 Å². The van der Waals surface area contributed by atoms with Gasteiger partial charge in [0.15, 0.2) is 0 Å². The first-order chi connectivity index (χ1) is 12.4. The molecule has 7 heteroatoms. The molecule has 1 N–H and O–H groups in total. The number of anilines is 1. The van der Waals surface area contributed by atoms with Gasteiger partial charge in [0, 0.05) is 29.9 Å². The van der Waals surface area contributed by atoms with Crippen molar-refractivity contribution in [3.63, 3.8) is 0 Å². The van der Waals surface area contributed by atoms with Gasteiger partial charge in [-0.05, 0) is 48.0 Å². The molecule has 0 bridgehead atoms. The van der Waals surface area contributed by atoms with Crippen molar-refractivity contribution in [2.24, 2.45) is 0 Å². The van der Waals surface area contributed by atoms with Crippen molar-refractivity contribution < 1.29 is 13.2 Å². The van der Waals surface area contributed by atoms with Gasteiger partial charge in [-0.2, -0.15) is 4.31 Å². The molecule has 2 aromatic carbocycles. The Bertz CT molecular complexity index is 872. The van der Waals surface area contributed by atoms with Gasteiger partial charge in [-0.25, -0.2) is 8.42 Å². The van der Waals surface area contributed by atoms with Gasteiger partial charge in [0.05, 0.1) is 4.90 Å².